The van der Waals surface area contributed by atoms with E-state index in [0.29, 0.717) is 12.5 Å². The minimum absolute atomic E-state index is 0.558. The van der Waals surface area contributed by atoms with Crippen molar-refractivity contribution >= 4 is 5.82 Å². The molecule has 0 radical (unpaired) electrons. The highest BCUT2D eigenvalue weighted by Crippen LogP contribution is 2.23. The third kappa shape index (κ3) is 4.02. The van der Waals surface area contributed by atoms with E-state index in [1.165, 1.54) is 0 Å². The van der Waals surface area contributed by atoms with Gasteiger partial charge in [0.05, 0.1) is 6.61 Å². The smallest absolute Gasteiger partial charge is 0.162 e. The Balaban J connectivity index is 2.47. The third-order valence-corrected chi connectivity index (χ3v) is 3.21. The molecule has 0 saturated carbocycles. The summed E-state index contributed by atoms with van der Waals surface area (Å²) in [6, 6.07) is 10.1. The van der Waals surface area contributed by atoms with Crippen molar-refractivity contribution in [2.24, 2.45) is 5.92 Å². The van der Waals surface area contributed by atoms with Crippen LogP contribution in [0.1, 0.15) is 25.1 Å². The summed E-state index contributed by atoms with van der Waals surface area (Å²) in [5.41, 5.74) is 3.19. The van der Waals surface area contributed by atoms with E-state index in [2.05, 4.69) is 30.2 Å². The SMILES string of the molecule is CNc1cc(CC(C)C)nc(-c2ccccc2COC)n1. The van der Waals surface area contributed by atoms with Crippen LogP contribution in [0.4, 0.5) is 5.82 Å². The van der Waals surface area contributed by atoms with Gasteiger partial charge in [0, 0.05) is 31.5 Å². The number of methoxy groups -OCH3 is 1. The lowest BCUT2D eigenvalue weighted by Crippen LogP contribution is -2.05. The second kappa shape index (κ2) is 7.18. The van der Waals surface area contributed by atoms with Crippen molar-refractivity contribution in [2.75, 3.05) is 19.5 Å². The molecule has 0 spiro atoms. The van der Waals surface area contributed by atoms with Gasteiger partial charge in [-0.05, 0) is 17.9 Å². The predicted molar refractivity (Wildman–Crippen MR) is 86.3 cm³/mol. The van der Waals surface area contributed by atoms with E-state index < -0.39 is 0 Å². The van der Waals surface area contributed by atoms with Crippen LogP contribution in [0.5, 0.6) is 0 Å². The summed E-state index contributed by atoms with van der Waals surface area (Å²) in [7, 11) is 3.58. The molecule has 4 heteroatoms. The molecule has 0 saturated heterocycles. The molecule has 0 bridgehead atoms. The number of anilines is 1. The number of hydrogen-bond acceptors (Lipinski definition) is 4. The Morgan fingerprint density at radius 2 is 1.95 bits per heavy atom. The first-order chi connectivity index (χ1) is 10.1. The molecule has 1 aromatic carbocycles. The lowest BCUT2D eigenvalue weighted by Gasteiger charge is -2.12. The predicted octanol–water partition coefficient (Wildman–Crippen LogP) is 3.53. The van der Waals surface area contributed by atoms with Gasteiger partial charge >= 0.3 is 0 Å². The van der Waals surface area contributed by atoms with E-state index >= 15 is 0 Å². The Kier molecular flexibility index (Phi) is 5.28. The quantitative estimate of drug-likeness (QED) is 0.882. The zero-order valence-electron chi connectivity index (χ0n) is 13.2. The number of ether oxygens (including phenoxy) is 1. The molecule has 1 heterocycles. The van der Waals surface area contributed by atoms with Gasteiger partial charge in [-0.3, -0.25) is 0 Å². The second-order valence-electron chi connectivity index (χ2n) is 5.51. The Morgan fingerprint density at radius 1 is 1.19 bits per heavy atom. The molecular weight excluding hydrogens is 262 g/mol. The molecule has 0 aliphatic rings. The number of rotatable bonds is 6. The first-order valence-corrected chi connectivity index (χ1v) is 7.27. The molecule has 0 fully saturated rings. The molecule has 0 aliphatic carbocycles. The van der Waals surface area contributed by atoms with E-state index in [0.717, 1.165) is 34.9 Å². The Morgan fingerprint density at radius 3 is 2.62 bits per heavy atom. The van der Waals surface area contributed by atoms with E-state index in [4.69, 9.17) is 9.72 Å². The van der Waals surface area contributed by atoms with Crippen molar-refractivity contribution in [1.29, 1.82) is 0 Å². The topological polar surface area (TPSA) is 47.0 Å². The molecule has 1 aromatic heterocycles. The molecular formula is C17H23N3O. The van der Waals surface area contributed by atoms with Crippen molar-refractivity contribution < 1.29 is 4.74 Å². The van der Waals surface area contributed by atoms with Gasteiger partial charge in [-0.15, -0.1) is 0 Å². The van der Waals surface area contributed by atoms with Gasteiger partial charge in [0.15, 0.2) is 5.82 Å². The average molecular weight is 285 g/mol. The zero-order valence-corrected chi connectivity index (χ0v) is 13.2. The van der Waals surface area contributed by atoms with Crippen molar-refractivity contribution in [2.45, 2.75) is 26.9 Å². The second-order valence-corrected chi connectivity index (χ2v) is 5.51. The maximum absolute atomic E-state index is 5.27. The van der Waals surface area contributed by atoms with Crippen molar-refractivity contribution in [3.8, 4) is 11.4 Å². The van der Waals surface area contributed by atoms with Crippen molar-refractivity contribution in [3.05, 3.63) is 41.6 Å². The minimum Gasteiger partial charge on any atom is -0.380 e. The number of aromatic nitrogens is 2. The van der Waals surface area contributed by atoms with Crippen LogP contribution in [0.25, 0.3) is 11.4 Å². The molecule has 112 valence electrons. The van der Waals surface area contributed by atoms with E-state index in [1.54, 1.807) is 7.11 Å². The summed E-state index contributed by atoms with van der Waals surface area (Å²) < 4.78 is 5.27. The molecule has 21 heavy (non-hydrogen) atoms. The van der Waals surface area contributed by atoms with Crippen molar-refractivity contribution in [1.82, 2.24) is 9.97 Å². The van der Waals surface area contributed by atoms with Crippen LogP contribution < -0.4 is 5.32 Å². The lowest BCUT2D eigenvalue weighted by atomic mass is 10.1. The van der Waals surface area contributed by atoms with E-state index in [1.807, 2.05) is 31.3 Å². The maximum atomic E-state index is 5.27. The standard InChI is InChI=1S/C17H23N3O/c1-12(2)9-14-10-16(18-3)20-17(19-14)15-8-6-5-7-13(15)11-21-4/h5-8,10,12H,9,11H2,1-4H3,(H,18,19,20). The first-order valence-electron chi connectivity index (χ1n) is 7.27. The van der Waals surface area contributed by atoms with E-state index in [-0.39, 0.29) is 0 Å². The highest BCUT2D eigenvalue weighted by Gasteiger charge is 2.11. The van der Waals surface area contributed by atoms with Gasteiger partial charge in [-0.25, -0.2) is 9.97 Å². The Bertz CT molecular complexity index is 596. The van der Waals surface area contributed by atoms with Gasteiger partial charge in [-0.2, -0.15) is 0 Å². The average Bonchev–Trinajstić information content (AvgIpc) is 2.47. The van der Waals surface area contributed by atoms with Crippen molar-refractivity contribution in [3.63, 3.8) is 0 Å². The summed E-state index contributed by atoms with van der Waals surface area (Å²) in [5.74, 6) is 2.17. The largest absolute Gasteiger partial charge is 0.380 e. The highest BCUT2D eigenvalue weighted by atomic mass is 16.5. The molecule has 4 nitrogen and oxygen atoms in total. The van der Waals surface area contributed by atoms with E-state index in [9.17, 15) is 0 Å². The lowest BCUT2D eigenvalue weighted by molar-refractivity contribution is 0.185. The monoisotopic (exact) mass is 285 g/mol. The van der Waals surface area contributed by atoms with Crippen LogP contribution in [0, 0.1) is 5.92 Å². The minimum atomic E-state index is 0.558. The molecule has 2 aromatic rings. The van der Waals surface area contributed by atoms with Gasteiger partial charge in [0.25, 0.3) is 0 Å². The summed E-state index contributed by atoms with van der Waals surface area (Å²) in [4.78, 5) is 9.32. The van der Waals surface area contributed by atoms with Gasteiger partial charge < -0.3 is 10.1 Å². The highest BCUT2D eigenvalue weighted by molar-refractivity contribution is 5.62. The molecule has 0 aliphatic heterocycles. The normalized spacial score (nSPS) is 10.9. The first kappa shape index (κ1) is 15.4. The fourth-order valence-corrected chi connectivity index (χ4v) is 2.29. The number of benzene rings is 1. The molecule has 1 N–H and O–H groups in total. The fourth-order valence-electron chi connectivity index (χ4n) is 2.29. The number of hydrogen-bond donors (Lipinski definition) is 1. The van der Waals surface area contributed by atoms with Crippen LogP contribution in [0.2, 0.25) is 0 Å². The number of nitrogens with one attached hydrogen (secondary N) is 1. The summed E-state index contributed by atoms with van der Waals surface area (Å²) in [6.07, 6.45) is 0.941. The summed E-state index contributed by atoms with van der Waals surface area (Å²) >= 11 is 0. The number of nitrogens with zero attached hydrogens (tertiary/aromatic N) is 2. The zero-order chi connectivity index (χ0) is 15.2. The fraction of sp³-hybridized carbons (Fsp3) is 0.412. The molecule has 0 amide bonds. The van der Waals surface area contributed by atoms with Crippen LogP contribution in [-0.2, 0) is 17.8 Å². The van der Waals surface area contributed by atoms with Crippen LogP contribution in [0.3, 0.4) is 0 Å². The van der Waals surface area contributed by atoms with Gasteiger partial charge in [-0.1, -0.05) is 38.1 Å². The summed E-state index contributed by atoms with van der Waals surface area (Å²) in [5, 5.41) is 3.12. The Hall–Kier alpha value is -1.94. The maximum Gasteiger partial charge on any atom is 0.162 e. The summed E-state index contributed by atoms with van der Waals surface area (Å²) in [6.45, 7) is 4.95. The molecule has 0 unspecified atom stereocenters. The van der Waals surface area contributed by atoms with Gasteiger partial charge in [0.2, 0.25) is 0 Å². The van der Waals surface area contributed by atoms with Crippen LogP contribution >= 0.6 is 0 Å². The molecule has 2 rings (SSSR count). The Labute approximate surface area is 126 Å². The van der Waals surface area contributed by atoms with Crippen LogP contribution in [0.15, 0.2) is 30.3 Å². The molecule has 0 atom stereocenters. The third-order valence-electron chi connectivity index (χ3n) is 3.21. The van der Waals surface area contributed by atoms with Crippen LogP contribution in [-0.4, -0.2) is 24.1 Å². The van der Waals surface area contributed by atoms with Gasteiger partial charge in [0.1, 0.15) is 5.82 Å².